The maximum Gasteiger partial charge on any atom is 0.248 e. The molecule has 0 saturated heterocycles. The van der Waals surface area contributed by atoms with Crippen molar-refractivity contribution in [2.45, 2.75) is 32.2 Å². The van der Waals surface area contributed by atoms with Gasteiger partial charge in [0.05, 0.1) is 4.90 Å². The van der Waals surface area contributed by atoms with Gasteiger partial charge >= 0.3 is 0 Å². The zero-order chi connectivity index (χ0) is 21.7. The zero-order valence-corrected chi connectivity index (χ0v) is 17.9. The van der Waals surface area contributed by atoms with Gasteiger partial charge in [-0.05, 0) is 29.8 Å². The smallest absolute Gasteiger partial charge is 0.248 e. The van der Waals surface area contributed by atoms with Gasteiger partial charge in [0.2, 0.25) is 21.8 Å². The number of hydrogen-bond donors (Lipinski definition) is 1. The molecule has 9 nitrogen and oxygen atoms in total. The number of carbonyl (C=O) groups excluding carboxylic acids is 1. The van der Waals surface area contributed by atoms with Crippen LogP contribution in [0.15, 0.2) is 53.4 Å². The SMILES string of the molecule is CCN(CC)S(=O)(=O)c1cc(NC(=O)Cn2nnc(-c3ccccc3)n2)ccc1C. The minimum atomic E-state index is -3.63. The van der Waals surface area contributed by atoms with Gasteiger partial charge in [0.25, 0.3) is 0 Å². The highest BCUT2D eigenvalue weighted by molar-refractivity contribution is 7.89. The highest BCUT2D eigenvalue weighted by atomic mass is 32.2. The van der Waals surface area contributed by atoms with Gasteiger partial charge in [-0.25, -0.2) is 8.42 Å². The Morgan fingerprint density at radius 2 is 1.80 bits per heavy atom. The average molecular weight is 429 g/mol. The fourth-order valence-corrected chi connectivity index (χ4v) is 4.71. The normalized spacial score (nSPS) is 11.6. The Morgan fingerprint density at radius 3 is 2.47 bits per heavy atom. The summed E-state index contributed by atoms with van der Waals surface area (Å²) < 4.78 is 27.1. The van der Waals surface area contributed by atoms with Crippen molar-refractivity contribution in [1.29, 1.82) is 0 Å². The zero-order valence-electron chi connectivity index (χ0n) is 17.1. The first-order valence-electron chi connectivity index (χ1n) is 9.59. The van der Waals surface area contributed by atoms with Gasteiger partial charge in [-0.2, -0.15) is 9.10 Å². The van der Waals surface area contributed by atoms with Crippen molar-refractivity contribution in [2.24, 2.45) is 0 Å². The largest absolute Gasteiger partial charge is 0.324 e. The Balaban J connectivity index is 1.74. The van der Waals surface area contributed by atoms with Crippen LogP contribution < -0.4 is 5.32 Å². The molecule has 158 valence electrons. The van der Waals surface area contributed by atoms with Crippen molar-refractivity contribution in [2.75, 3.05) is 18.4 Å². The average Bonchev–Trinajstić information content (AvgIpc) is 3.19. The molecule has 0 fully saturated rings. The van der Waals surface area contributed by atoms with Crippen LogP contribution in [0.1, 0.15) is 19.4 Å². The summed E-state index contributed by atoms with van der Waals surface area (Å²) in [5, 5.41) is 14.8. The first kappa shape index (κ1) is 21.6. The van der Waals surface area contributed by atoms with E-state index >= 15 is 0 Å². The van der Waals surface area contributed by atoms with E-state index in [1.165, 1.54) is 15.2 Å². The van der Waals surface area contributed by atoms with Gasteiger partial charge < -0.3 is 5.32 Å². The van der Waals surface area contributed by atoms with E-state index in [4.69, 9.17) is 0 Å². The van der Waals surface area contributed by atoms with Gasteiger partial charge in [0, 0.05) is 24.3 Å². The third-order valence-corrected chi connectivity index (χ3v) is 6.76. The lowest BCUT2D eigenvalue weighted by Crippen LogP contribution is -2.31. The van der Waals surface area contributed by atoms with Gasteiger partial charge in [-0.1, -0.05) is 50.2 Å². The van der Waals surface area contributed by atoms with Crippen LogP contribution in [0.5, 0.6) is 0 Å². The minimum absolute atomic E-state index is 0.147. The van der Waals surface area contributed by atoms with Gasteiger partial charge in [-0.15, -0.1) is 10.2 Å². The van der Waals surface area contributed by atoms with E-state index in [2.05, 4.69) is 20.7 Å². The first-order chi connectivity index (χ1) is 14.3. The molecule has 1 N–H and O–H groups in total. The summed E-state index contributed by atoms with van der Waals surface area (Å²) >= 11 is 0. The summed E-state index contributed by atoms with van der Waals surface area (Å²) in [5.41, 5.74) is 1.80. The lowest BCUT2D eigenvalue weighted by atomic mass is 10.2. The number of aryl methyl sites for hydroxylation is 1. The predicted molar refractivity (Wildman–Crippen MR) is 113 cm³/mol. The number of rotatable bonds is 8. The molecule has 1 amide bonds. The molecular formula is C20H24N6O3S. The van der Waals surface area contributed by atoms with Crippen molar-refractivity contribution in [3.8, 4) is 11.4 Å². The van der Waals surface area contributed by atoms with E-state index in [9.17, 15) is 13.2 Å². The molecule has 2 aromatic carbocycles. The van der Waals surface area contributed by atoms with Gasteiger partial charge in [0.15, 0.2) is 0 Å². The molecule has 0 aliphatic heterocycles. The van der Waals surface area contributed by atoms with E-state index in [-0.39, 0.29) is 17.3 Å². The number of nitrogens with zero attached hydrogens (tertiary/aromatic N) is 5. The molecule has 0 atom stereocenters. The second kappa shape index (κ2) is 9.14. The molecule has 10 heteroatoms. The molecule has 0 saturated carbocycles. The van der Waals surface area contributed by atoms with Gasteiger partial charge in [0.1, 0.15) is 6.54 Å². The maximum atomic E-state index is 12.9. The van der Waals surface area contributed by atoms with Crippen LogP contribution in [0.25, 0.3) is 11.4 Å². The monoisotopic (exact) mass is 428 g/mol. The topological polar surface area (TPSA) is 110 Å². The molecule has 0 aliphatic carbocycles. The minimum Gasteiger partial charge on any atom is -0.324 e. The summed E-state index contributed by atoms with van der Waals surface area (Å²) in [5.74, 6) is 0.0355. The fourth-order valence-electron chi connectivity index (χ4n) is 3.00. The number of sulfonamides is 1. The molecule has 0 aliphatic rings. The molecule has 1 heterocycles. The Morgan fingerprint density at radius 1 is 1.10 bits per heavy atom. The summed E-state index contributed by atoms with van der Waals surface area (Å²) in [7, 11) is -3.63. The first-order valence-corrected chi connectivity index (χ1v) is 11.0. The van der Waals surface area contributed by atoms with Crippen LogP contribution >= 0.6 is 0 Å². The summed E-state index contributed by atoms with van der Waals surface area (Å²) in [6, 6.07) is 14.1. The number of amides is 1. The number of nitrogens with one attached hydrogen (secondary N) is 1. The third kappa shape index (κ3) is 4.71. The molecular weight excluding hydrogens is 404 g/mol. The summed E-state index contributed by atoms with van der Waals surface area (Å²) in [4.78, 5) is 13.8. The van der Waals surface area contributed by atoms with Crippen LogP contribution in [0.2, 0.25) is 0 Å². The second-order valence-corrected chi connectivity index (χ2v) is 8.53. The van der Waals surface area contributed by atoms with Crippen LogP contribution in [0.3, 0.4) is 0 Å². The van der Waals surface area contributed by atoms with Crippen LogP contribution in [-0.4, -0.2) is 51.9 Å². The van der Waals surface area contributed by atoms with Crippen molar-refractivity contribution >= 4 is 21.6 Å². The lowest BCUT2D eigenvalue weighted by molar-refractivity contribution is -0.117. The number of benzene rings is 2. The van der Waals surface area contributed by atoms with Crippen LogP contribution in [0, 0.1) is 6.92 Å². The van der Waals surface area contributed by atoms with Crippen LogP contribution in [0.4, 0.5) is 5.69 Å². The maximum absolute atomic E-state index is 12.9. The molecule has 30 heavy (non-hydrogen) atoms. The summed E-state index contributed by atoms with van der Waals surface area (Å²) in [6.07, 6.45) is 0. The number of hydrogen-bond acceptors (Lipinski definition) is 6. The van der Waals surface area contributed by atoms with Crippen LogP contribution in [-0.2, 0) is 21.4 Å². The molecule has 3 rings (SSSR count). The highest BCUT2D eigenvalue weighted by Gasteiger charge is 2.24. The molecule has 1 aromatic heterocycles. The van der Waals surface area contributed by atoms with Crippen molar-refractivity contribution in [3.05, 3.63) is 54.1 Å². The van der Waals surface area contributed by atoms with E-state index in [0.717, 1.165) is 5.56 Å². The molecule has 0 unspecified atom stereocenters. The molecule has 0 spiro atoms. The van der Waals surface area contributed by atoms with Crippen molar-refractivity contribution in [1.82, 2.24) is 24.5 Å². The number of anilines is 1. The number of carbonyl (C=O) groups is 1. The van der Waals surface area contributed by atoms with Crippen molar-refractivity contribution in [3.63, 3.8) is 0 Å². The van der Waals surface area contributed by atoms with E-state index in [1.54, 1.807) is 32.9 Å². The van der Waals surface area contributed by atoms with Gasteiger partial charge in [-0.3, -0.25) is 4.79 Å². The molecule has 3 aromatic rings. The Labute approximate surface area is 175 Å². The summed E-state index contributed by atoms with van der Waals surface area (Å²) in [6.45, 7) is 5.90. The quantitative estimate of drug-likeness (QED) is 0.590. The Bertz CT molecular complexity index is 1120. The lowest BCUT2D eigenvalue weighted by Gasteiger charge is -2.20. The fraction of sp³-hybridized carbons (Fsp3) is 0.300. The Kier molecular flexibility index (Phi) is 6.58. The molecule has 0 radical (unpaired) electrons. The molecule has 0 bridgehead atoms. The predicted octanol–water partition coefficient (Wildman–Crippen LogP) is 2.32. The second-order valence-electron chi connectivity index (χ2n) is 6.63. The highest BCUT2D eigenvalue weighted by Crippen LogP contribution is 2.23. The number of tetrazole rings is 1. The number of aromatic nitrogens is 4. The van der Waals surface area contributed by atoms with E-state index in [0.29, 0.717) is 30.2 Å². The Hall–Kier alpha value is -3.11. The standard InChI is InChI=1S/C20H24N6O3S/c1-4-25(5-2)30(28,29)18-13-17(12-11-15(18)3)21-19(27)14-26-23-20(22-24-26)16-9-7-6-8-10-16/h6-13H,4-5,14H2,1-3H3,(H,21,27). The van der Waals surface area contributed by atoms with Crippen molar-refractivity contribution < 1.29 is 13.2 Å². The van der Waals surface area contributed by atoms with E-state index < -0.39 is 10.0 Å². The van der Waals surface area contributed by atoms with E-state index in [1.807, 2.05) is 30.3 Å². The third-order valence-electron chi connectivity index (χ3n) is 4.56.